The molecular formula is C20H23N3O2S. The predicted molar refractivity (Wildman–Crippen MR) is 102 cm³/mol. The third kappa shape index (κ3) is 2.28. The molecular weight excluding hydrogens is 346 g/mol. The highest BCUT2D eigenvalue weighted by Crippen LogP contribution is 2.44. The molecule has 3 aromatic rings. The Morgan fingerprint density at radius 1 is 1.31 bits per heavy atom. The molecule has 1 aliphatic heterocycles. The highest BCUT2D eigenvalue weighted by atomic mass is 32.1. The van der Waals surface area contributed by atoms with Crippen LogP contribution in [0, 0.1) is 12.8 Å². The van der Waals surface area contributed by atoms with E-state index in [0.29, 0.717) is 13.2 Å². The van der Waals surface area contributed by atoms with Crippen molar-refractivity contribution in [2.24, 2.45) is 5.92 Å². The first-order valence-electron chi connectivity index (χ1n) is 9.76. The zero-order valence-electron chi connectivity index (χ0n) is 15.1. The molecule has 26 heavy (non-hydrogen) atoms. The van der Waals surface area contributed by atoms with Crippen molar-refractivity contribution in [2.45, 2.75) is 57.8 Å². The van der Waals surface area contributed by atoms with Crippen LogP contribution in [0.5, 0.6) is 0 Å². The molecule has 0 N–H and O–H groups in total. The minimum atomic E-state index is -0.383. The number of pyridine rings is 1. The van der Waals surface area contributed by atoms with Crippen molar-refractivity contribution in [3.05, 3.63) is 22.5 Å². The highest BCUT2D eigenvalue weighted by molar-refractivity contribution is 7.19. The van der Waals surface area contributed by atoms with E-state index < -0.39 is 0 Å². The molecule has 1 saturated heterocycles. The van der Waals surface area contributed by atoms with Crippen LogP contribution in [0.3, 0.4) is 0 Å². The number of fused-ring (bicyclic) bond motifs is 5. The molecule has 1 spiro atoms. The largest absolute Gasteiger partial charge is 0.347 e. The van der Waals surface area contributed by atoms with Crippen LogP contribution in [-0.2, 0) is 28.9 Å². The van der Waals surface area contributed by atoms with Gasteiger partial charge in [-0.25, -0.2) is 9.97 Å². The fourth-order valence-electron chi connectivity index (χ4n) is 4.67. The third-order valence-corrected chi connectivity index (χ3v) is 7.36. The second kappa shape index (κ2) is 5.50. The Balaban J connectivity index is 1.47. The lowest BCUT2D eigenvalue weighted by molar-refractivity contribution is -0.163. The summed E-state index contributed by atoms with van der Waals surface area (Å²) in [5.41, 5.74) is 4.90. The Morgan fingerprint density at radius 3 is 2.96 bits per heavy atom. The van der Waals surface area contributed by atoms with Crippen LogP contribution in [0.4, 0.5) is 0 Å². The summed E-state index contributed by atoms with van der Waals surface area (Å²) in [4.78, 5) is 12.3. The number of hydrogen-bond donors (Lipinski definition) is 0. The normalized spacial score (nSPS) is 21.9. The molecule has 136 valence electrons. The first kappa shape index (κ1) is 15.5. The van der Waals surface area contributed by atoms with Crippen molar-refractivity contribution in [1.29, 1.82) is 0 Å². The van der Waals surface area contributed by atoms with Crippen LogP contribution in [0.25, 0.3) is 21.3 Å². The Morgan fingerprint density at radius 2 is 2.15 bits per heavy atom. The van der Waals surface area contributed by atoms with Gasteiger partial charge < -0.3 is 14.0 Å². The molecule has 0 amide bonds. The van der Waals surface area contributed by atoms with Crippen LogP contribution >= 0.6 is 11.3 Å². The quantitative estimate of drug-likeness (QED) is 0.700. The maximum Gasteiger partial charge on any atom is 0.173 e. The number of rotatable bonds is 3. The Labute approximate surface area is 156 Å². The van der Waals surface area contributed by atoms with E-state index in [-0.39, 0.29) is 5.79 Å². The maximum absolute atomic E-state index is 5.95. The van der Waals surface area contributed by atoms with Gasteiger partial charge in [-0.05, 0) is 31.2 Å². The zero-order chi connectivity index (χ0) is 17.3. The van der Waals surface area contributed by atoms with E-state index >= 15 is 0 Å². The van der Waals surface area contributed by atoms with E-state index in [9.17, 15) is 0 Å². The summed E-state index contributed by atoms with van der Waals surface area (Å²) in [5, 5.41) is 1.28. The van der Waals surface area contributed by atoms with Crippen molar-refractivity contribution >= 4 is 32.6 Å². The second-order valence-electron chi connectivity index (χ2n) is 8.03. The van der Waals surface area contributed by atoms with E-state index in [1.54, 1.807) is 11.3 Å². The van der Waals surface area contributed by atoms with Gasteiger partial charge in [-0.1, -0.05) is 12.8 Å². The van der Waals surface area contributed by atoms with Gasteiger partial charge in [0.05, 0.1) is 30.8 Å². The Hall–Kier alpha value is -1.50. The van der Waals surface area contributed by atoms with Crippen LogP contribution in [0.2, 0.25) is 0 Å². The minimum absolute atomic E-state index is 0.383. The number of aromatic nitrogens is 3. The first-order valence-corrected chi connectivity index (χ1v) is 10.6. The average Bonchev–Trinajstić information content (AvgIpc) is 3.03. The van der Waals surface area contributed by atoms with Crippen molar-refractivity contribution < 1.29 is 9.47 Å². The molecule has 0 atom stereocenters. The molecule has 4 heterocycles. The lowest BCUT2D eigenvalue weighted by atomic mass is 9.91. The maximum atomic E-state index is 5.95. The molecule has 0 bridgehead atoms. The standard InChI is InChI=1S/C20H23N3O2S/c1-12-18-17(21-11-23(18)7-5-13-2-3-13)16-14-4-6-20(24-8-9-25-20)10-15(14)26-19(16)22-12/h11,13H,2-10H2,1H3. The highest BCUT2D eigenvalue weighted by Gasteiger charge is 2.41. The van der Waals surface area contributed by atoms with Gasteiger partial charge in [0.15, 0.2) is 5.79 Å². The number of hydrogen-bond acceptors (Lipinski definition) is 5. The van der Waals surface area contributed by atoms with Gasteiger partial charge in [0.1, 0.15) is 10.3 Å². The molecule has 6 rings (SSSR count). The van der Waals surface area contributed by atoms with Gasteiger partial charge in [-0.3, -0.25) is 0 Å². The molecule has 0 radical (unpaired) electrons. The lowest BCUT2D eigenvalue weighted by Crippen LogP contribution is -2.36. The molecule has 3 aliphatic rings. The summed E-state index contributed by atoms with van der Waals surface area (Å²) in [6, 6.07) is 0. The van der Waals surface area contributed by atoms with Gasteiger partial charge in [0.25, 0.3) is 0 Å². The summed E-state index contributed by atoms with van der Waals surface area (Å²) in [7, 11) is 0. The van der Waals surface area contributed by atoms with Crippen LogP contribution in [-0.4, -0.2) is 33.5 Å². The van der Waals surface area contributed by atoms with Crippen molar-refractivity contribution in [1.82, 2.24) is 14.5 Å². The Bertz CT molecular complexity index is 1010. The molecule has 0 aromatic carbocycles. The van der Waals surface area contributed by atoms with E-state index in [0.717, 1.165) is 47.8 Å². The van der Waals surface area contributed by atoms with E-state index in [2.05, 4.69) is 11.5 Å². The number of thiophene rings is 1. The summed E-state index contributed by atoms with van der Waals surface area (Å²) in [6.07, 6.45) is 8.87. The summed E-state index contributed by atoms with van der Waals surface area (Å²) in [6.45, 7) is 4.62. The molecule has 2 fully saturated rings. The van der Waals surface area contributed by atoms with Gasteiger partial charge in [0, 0.05) is 29.6 Å². The van der Waals surface area contributed by atoms with E-state index in [1.807, 2.05) is 6.33 Å². The fraction of sp³-hybridized carbons (Fsp3) is 0.600. The number of ether oxygens (including phenoxy) is 2. The average molecular weight is 369 g/mol. The van der Waals surface area contributed by atoms with Crippen LogP contribution in [0.1, 0.15) is 41.8 Å². The number of imidazole rings is 1. The zero-order valence-corrected chi connectivity index (χ0v) is 15.9. The van der Waals surface area contributed by atoms with E-state index in [4.69, 9.17) is 19.4 Å². The molecule has 5 nitrogen and oxygen atoms in total. The molecule has 1 saturated carbocycles. The van der Waals surface area contributed by atoms with Crippen molar-refractivity contribution in [3.8, 4) is 0 Å². The molecule has 0 unspecified atom stereocenters. The lowest BCUT2D eigenvalue weighted by Gasteiger charge is -2.31. The summed E-state index contributed by atoms with van der Waals surface area (Å²) >= 11 is 1.81. The first-order chi connectivity index (χ1) is 12.7. The van der Waals surface area contributed by atoms with Crippen molar-refractivity contribution in [2.75, 3.05) is 13.2 Å². The van der Waals surface area contributed by atoms with Crippen molar-refractivity contribution in [3.63, 3.8) is 0 Å². The molecule has 2 aliphatic carbocycles. The number of aryl methyl sites for hydroxylation is 3. The Kier molecular flexibility index (Phi) is 3.29. The van der Waals surface area contributed by atoms with Gasteiger partial charge in [0.2, 0.25) is 0 Å². The predicted octanol–water partition coefficient (Wildman–Crippen LogP) is 3.99. The van der Waals surface area contributed by atoms with Gasteiger partial charge in [-0.2, -0.15) is 0 Å². The fourth-order valence-corrected chi connectivity index (χ4v) is 6.02. The number of nitrogens with zero attached hydrogens (tertiary/aromatic N) is 3. The summed E-state index contributed by atoms with van der Waals surface area (Å²) in [5.74, 6) is 0.548. The molecule has 6 heteroatoms. The summed E-state index contributed by atoms with van der Waals surface area (Å²) < 4.78 is 14.2. The monoisotopic (exact) mass is 369 g/mol. The van der Waals surface area contributed by atoms with Gasteiger partial charge >= 0.3 is 0 Å². The minimum Gasteiger partial charge on any atom is -0.347 e. The topological polar surface area (TPSA) is 49.2 Å². The SMILES string of the molecule is Cc1nc2sc3c(c2c2ncn(CCC4CC4)c12)CCC1(C3)OCCO1. The van der Waals surface area contributed by atoms with Crippen LogP contribution in [0.15, 0.2) is 6.33 Å². The molecule has 3 aromatic heterocycles. The van der Waals surface area contributed by atoms with E-state index in [1.165, 1.54) is 40.6 Å². The van der Waals surface area contributed by atoms with Gasteiger partial charge in [-0.15, -0.1) is 11.3 Å². The second-order valence-corrected chi connectivity index (χ2v) is 9.12. The third-order valence-electron chi connectivity index (χ3n) is 6.23. The van der Waals surface area contributed by atoms with Crippen LogP contribution < -0.4 is 0 Å². The smallest absolute Gasteiger partial charge is 0.173 e.